The minimum Gasteiger partial charge on any atom is -0.453 e. The van der Waals surface area contributed by atoms with E-state index >= 15 is 0 Å². The van der Waals surface area contributed by atoms with Gasteiger partial charge in [-0.25, -0.2) is 9.97 Å². The maximum Gasteiger partial charge on any atom is 0.416 e. The molecule has 0 atom stereocenters. The summed E-state index contributed by atoms with van der Waals surface area (Å²) in [5.41, 5.74) is -0.420. The van der Waals surface area contributed by atoms with Crippen LogP contribution in [-0.4, -0.2) is 22.5 Å². The Hall–Kier alpha value is -2.35. The number of anilines is 1. The van der Waals surface area contributed by atoms with Gasteiger partial charge in [0.2, 0.25) is 0 Å². The molecule has 0 bridgehead atoms. The molecule has 0 aliphatic heterocycles. The molecule has 5 nitrogen and oxygen atoms in total. The number of hydrogen-bond donors (Lipinski definition) is 1. The topological polar surface area (TPSA) is 64.1 Å². The molecule has 1 amide bonds. The van der Waals surface area contributed by atoms with E-state index in [-0.39, 0.29) is 16.7 Å². The van der Waals surface area contributed by atoms with Crippen molar-refractivity contribution in [1.29, 1.82) is 0 Å². The number of hydrogen-bond acceptors (Lipinski definition) is 4. The Morgan fingerprint density at radius 3 is 2.74 bits per heavy atom. The van der Waals surface area contributed by atoms with Crippen LogP contribution in [0, 0.1) is 6.92 Å². The van der Waals surface area contributed by atoms with Gasteiger partial charge in [0.1, 0.15) is 0 Å². The first kappa shape index (κ1) is 17.0. The fraction of sp³-hybridized carbons (Fsp3) is 0.214. The van der Waals surface area contributed by atoms with Crippen molar-refractivity contribution < 1.29 is 22.7 Å². The normalized spacial score (nSPS) is 11.2. The number of nitrogens with zero attached hydrogens (tertiary/aromatic N) is 2. The van der Waals surface area contributed by atoms with Crippen molar-refractivity contribution in [2.24, 2.45) is 0 Å². The number of rotatable bonds is 4. The molecule has 1 aromatic heterocycles. The molecule has 1 aromatic carbocycles. The first-order valence-corrected chi connectivity index (χ1v) is 6.72. The minimum atomic E-state index is -4.53. The Kier molecular flexibility index (Phi) is 5.05. The molecule has 0 saturated carbocycles. The van der Waals surface area contributed by atoms with Crippen LogP contribution in [0.1, 0.15) is 11.3 Å². The number of benzene rings is 1. The van der Waals surface area contributed by atoms with Crippen LogP contribution in [-0.2, 0) is 11.0 Å². The summed E-state index contributed by atoms with van der Waals surface area (Å²) >= 11 is 5.78. The molecule has 122 valence electrons. The van der Waals surface area contributed by atoms with E-state index in [4.69, 9.17) is 16.3 Å². The van der Waals surface area contributed by atoms with Gasteiger partial charge in [0.25, 0.3) is 5.91 Å². The summed E-state index contributed by atoms with van der Waals surface area (Å²) in [6.45, 7) is 1.26. The first-order valence-electron chi connectivity index (χ1n) is 6.35. The number of ether oxygens (including phenoxy) is 1. The van der Waals surface area contributed by atoms with Gasteiger partial charge in [-0.15, -0.1) is 0 Å². The molecule has 2 aromatic rings. The van der Waals surface area contributed by atoms with Crippen molar-refractivity contribution in [3.63, 3.8) is 0 Å². The van der Waals surface area contributed by atoms with Gasteiger partial charge < -0.3 is 10.1 Å². The van der Waals surface area contributed by atoms with E-state index in [0.717, 1.165) is 18.2 Å². The van der Waals surface area contributed by atoms with E-state index in [2.05, 4.69) is 15.3 Å². The zero-order valence-electron chi connectivity index (χ0n) is 11.8. The van der Waals surface area contributed by atoms with E-state index in [1.165, 1.54) is 6.20 Å². The number of aromatic nitrogens is 2. The number of aryl methyl sites for hydroxylation is 1. The van der Waals surface area contributed by atoms with Crippen molar-refractivity contribution in [3.05, 3.63) is 46.7 Å². The van der Waals surface area contributed by atoms with Gasteiger partial charge in [-0.3, -0.25) is 4.79 Å². The lowest BCUT2D eigenvalue weighted by molar-refractivity contribution is -0.137. The SMILES string of the molecule is Cc1ccnc(OCC(=O)Nc2cc(C(F)(F)F)ccc2Cl)n1. The maximum atomic E-state index is 12.6. The van der Waals surface area contributed by atoms with Gasteiger partial charge in [0.15, 0.2) is 6.61 Å². The highest BCUT2D eigenvalue weighted by molar-refractivity contribution is 6.33. The second kappa shape index (κ2) is 6.82. The van der Waals surface area contributed by atoms with Crippen molar-refractivity contribution in [2.45, 2.75) is 13.1 Å². The molecule has 1 N–H and O–H groups in total. The molecule has 0 aliphatic rings. The van der Waals surface area contributed by atoms with Crippen LogP contribution in [0.15, 0.2) is 30.5 Å². The van der Waals surface area contributed by atoms with E-state index in [0.29, 0.717) is 5.69 Å². The van der Waals surface area contributed by atoms with Crippen LogP contribution < -0.4 is 10.1 Å². The van der Waals surface area contributed by atoms with Gasteiger partial charge >= 0.3 is 12.2 Å². The molecule has 9 heteroatoms. The third-order valence-corrected chi connectivity index (χ3v) is 3.00. The Morgan fingerprint density at radius 1 is 1.35 bits per heavy atom. The highest BCUT2D eigenvalue weighted by Crippen LogP contribution is 2.33. The maximum absolute atomic E-state index is 12.6. The molecular formula is C14H11ClF3N3O2. The molecule has 23 heavy (non-hydrogen) atoms. The van der Waals surface area contributed by atoms with Gasteiger partial charge in [-0.2, -0.15) is 13.2 Å². The van der Waals surface area contributed by atoms with Crippen LogP contribution in [0.5, 0.6) is 6.01 Å². The zero-order chi connectivity index (χ0) is 17.0. The average molecular weight is 346 g/mol. The quantitative estimate of drug-likeness (QED) is 0.921. The molecule has 0 saturated heterocycles. The summed E-state index contributed by atoms with van der Waals surface area (Å²) in [7, 11) is 0. The number of carbonyl (C=O) groups is 1. The van der Waals surface area contributed by atoms with Gasteiger partial charge in [-0.1, -0.05) is 11.6 Å². The fourth-order valence-corrected chi connectivity index (χ4v) is 1.77. The van der Waals surface area contributed by atoms with Crippen molar-refractivity contribution in [3.8, 4) is 6.01 Å². The molecule has 2 rings (SSSR count). The molecule has 0 radical (unpaired) electrons. The van der Waals surface area contributed by atoms with E-state index in [1.807, 2.05) is 0 Å². The zero-order valence-corrected chi connectivity index (χ0v) is 12.6. The summed E-state index contributed by atoms with van der Waals surface area (Å²) in [5.74, 6) is -0.684. The monoisotopic (exact) mass is 345 g/mol. The molecule has 0 spiro atoms. The summed E-state index contributed by atoms with van der Waals surface area (Å²) in [4.78, 5) is 19.5. The van der Waals surface area contributed by atoms with Gasteiger partial charge in [0, 0.05) is 11.9 Å². The Bertz CT molecular complexity index is 723. The van der Waals surface area contributed by atoms with Gasteiger partial charge in [0.05, 0.1) is 16.3 Å². The lowest BCUT2D eigenvalue weighted by Gasteiger charge is -2.11. The van der Waals surface area contributed by atoms with Crippen molar-refractivity contribution in [1.82, 2.24) is 9.97 Å². The van der Waals surface area contributed by atoms with Crippen LogP contribution >= 0.6 is 11.6 Å². The Labute approximate surface area is 134 Å². The number of alkyl halides is 3. The predicted octanol–water partition coefficient (Wildman–Crippen LogP) is 3.47. The van der Waals surface area contributed by atoms with Crippen molar-refractivity contribution in [2.75, 3.05) is 11.9 Å². The number of amides is 1. The fourth-order valence-electron chi connectivity index (χ4n) is 1.61. The van der Waals surface area contributed by atoms with E-state index in [9.17, 15) is 18.0 Å². The highest BCUT2D eigenvalue weighted by Gasteiger charge is 2.31. The summed E-state index contributed by atoms with van der Waals surface area (Å²) < 4.78 is 43.0. The number of nitrogens with one attached hydrogen (secondary N) is 1. The van der Waals surface area contributed by atoms with Crippen LogP contribution in [0.4, 0.5) is 18.9 Å². The average Bonchev–Trinajstić information content (AvgIpc) is 2.46. The largest absolute Gasteiger partial charge is 0.453 e. The van der Waals surface area contributed by atoms with Crippen LogP contribution in [0.25, 0.3) is 0 Å². The molecule has 0 aliphatic carbocycles. The van der Waals surface area contributed by atoms with Gasteiger partial charge in [-0.05, 0) is 31.2 Å². The first-order chi connectivity index (χ1) is 10.8. The molecule has 0 fully saturated rings. The Morgan fingerprint density at radius 2 is 2.09 bits per heavy atom. The van der Waals surface area contributed by atoms with Crippen LogP contribution in [0.2, 0.25) is 5.02 Å². The second-order valence-corrected chi connectivity index (χ2v) is 4.92. The van der Waals surface area contributed by atoms with E-state index in [1.54, 1.807) is 13.0 Å². The second-order valence-electron chi connectivity index (χ2n) is 4.51. The smallest absolute Gasteiger partial charge is 0.416 e. The molecular weight excluding hydrogens is 335 g/mol. The molecule has 1 heterocycles. The standard InChI is InChI=1S/C14H11ClF3N3O2/c1-8-4-5-19-13(20-8)23-7-12(22)21-11-6-9(14(16,17)18)2-3-10(11)15/h2-6H,7H2,1H3,(H,21,22). The minimum absolute atomic E-state index is 0.00436. The highest BCUT2D eigenvalue weighted by atomic mass is 35.5. The summed E-state index contributed by atoms with van der Waals surface area (Å²) in [5, 5.41) is 2.24. The Balaban J connectivity index is 2.02. The third kappa shape index (κ3) is 4.82. The van der Waals surface area contributed by atoms with E-state index < -0.39 is 24.3 Å². The number of carbonyl (C=O) groups excluding carboxylic acids is 1. The summed E-state index contributed by atoms with van der Waals surface area (Å²) in [6.07, 6.45) is -3.07. The third-order valence-electron chi connectivity index (χ3n) is 2.67. The van der Waals surface area contributed by atoms with Crippen LogP contribution in [0.3, 0.4) is 0 Å². The lowest BCUT2D eigenvalue weighted by atomic mass is 10.2. The number of halogens is 4. The molecule has 0 unspecified atom stereocenters. The predicted molar refractivity (Wildman–Crippen MR) is 77.3 cm³/mol. The lowest BCUT2D eigenvalue weighted by Crippen LogP contribution is -2.21. The summed E-state index contributed by atoms with van der Waals surface area (Å²) in [6, 6.07) is 4.29. The van der Waals surface area contributed by atoms with Crippen molar-refractivity contribution >= 4 is 23.2 Å².